The molecule has 4 rings (SSSR count). The Kier molecular flexibility index (Phi) is 3.52. The van der Waals surface area contributed by atoms with Gasteiger partial charge in [0.05, 0.1) is 11.3 Å². The zero-order valence-corrected chi connectivity index (χ0v) is 14.3. The highest BCUT2D eigenvalue weighted by Gasteiger charge is 2.32. The lowest BCUT2D eigenvalue weighted by Crippen LogP contribution is -2.43. The SMILES string of the molecule is Cc1nc(N2CC(C)CC(C(=O)O)C2)c2c3c(sc2n1)CCC3. The topological polar surface area (TPSA) is 66.3 Å². The van der Waals surface area contributed by atoms with Crippen molar-refractivity contribution in [2.75, 3.05) is 18.0 Å². The van der Waals surface area contributed by atoms with Crippen LogP contribution in [0.15, 0.2) is 0 Å². The molecule has 2 aliphatic rings. The Morgan fingerprint density at radius 2 is 2.13 bits per heavy atom. The van der Waals surface area contributed by atoms with Crippen LogP contribution in [0.1, 0.15) is 36.0 Å². The number of anilines is 1. The molecule has 2 unspecified atom stereocenters. The zero-order chi connectivity index (χ0) is 16.1. The van der Waals surface area contributed by atoms with Gasteiger partial charge in [-0.2, -0.15) is 0 Å². The van der Waals surface area contributed by atoms with E-state index in [1.165, 1.54) is 22.2 Å². The molecule has 6 heteroatoms. The predicted octanol–water partition coefficient (Wildman–Crippen LogP) is 3.04. The normalized spacial score (nSPS) is 24.2. The molecular weight excluding hydrogens is 310 g/mol. The first-order chi connectivity index (χ1) is 11.0. The van der Waals surface area contributed by atoms with Crippen molar-refractivity contribution >= 4 is 33.3 Å². The molecule has 2 aromatic rings. The lowest BCUT2D eigenvalue weighted by molar-refractivity contribution is -0.142. The molecule has 0 spiro atoms. The third kappa shape index (κ3) is 2.49. The van der Waals surface area contributed by atoms with Gasteiger partial charge in [-0.05, 0) is 44.1 Å². The van der Waals surface area contributed by atoms with Gasteiger partial charge in [0.2, 0.25) is 0 Å². The minimum Gasteiger partial charge on any atom is -0.481 e. The largest absolute Gasteiger partial charge is 0.481 e. The molecule has 1 aliphatic carbocycles. The summed E-state index contributed by atoms with van der Waals surface area (Å²) in [6, 6.07) is 0. The van der Waals surface area contributed by atoms with Gasteiger partial charge in [-0.25, -0.2) is 9.97 Å². The van der Waals surface area contributed by atoms with Gasteiger partial charge >= 0.3 is 5.97 Å². The first kappa shape index (κ1) is 14.9. The maximum Gasteiger partial charge on any atom is 0.308 e. The molecule has 5 nitrogen and oxygen atoms in total. The van der Waals surface area contributed by atoms with Gasteiger partial charge in [0.1, 0.15) is 16.5 Å². The average molecular weight is 331 g/mol. The van der Waals surface area contributed by atoms with Crippen LogP contribution in [0.4, 0.5) is 5.82 Å². The average Bonchev–Trinajstić information content (AvgIpc) is 3.05. The Hall–Kier alpha value is -1.69. The van der Waals surface area contributed by atoms with E-state index in [4.69, 9.17) is 4.98 Å². The molecule has 0 saturated carbocycles. The lowest BCUT2D eigenvalue weighted by Gasteiger charge is -2.36. The van der Waals surface area contributed by atoms with Gasteiger partial charge in [-0.3, -0.25) is 4.79 Å². The summed E-state index contributed by atoms with van der Waals surface area (Å²) in [4.78, 5) is 25.6. The van der Waals surface area contributed by atoms with Crippen LogP contribution < -0.4 is 4.90 Å². The summed E-state index contributed by atoms with van der Waals surface area (Å²) in [7, 11) is 0. The van der Waals surface area contributed by atoms with Crippen LogP contribution in [0.25, 0.3) is 10.2 Å². The molecule has 2 atom stereocenters. The highest BCUT2D eigenvalue weighted by Crippen LogP contribution is 2.41. The smallest absolute Gasteiger partial charge is 0.308 e. The molecule has 122 valence electrons. The second-order valence-corrected chi connectivity index (χ2v) is 8.00. The van der Waals surface area contributed by atoms with E-state index < -0.39 is 5.97 Å². The first-order valence-corrected chi connectivity index (χ1v) is 9.11. The number of aryl methyl sites for hydroxylation is 3. The zero-order valence-electron chi connectivity index (χ0n) is 13.5. The van der Waals surface area contributed by atoms with Gasteiger partial charge < -0.3 is 10.0 Å². The fourth-order valence-corrected chi connectivity index (χ4v) is 5.31. The van der Waals surface area contributed by atoms with E-state index in [9.17, 15) is 9.90 Å². The van der Waals surface area contributed by atoms with Crippen LogP contribution in [0.2, 0.25) is 0 Å². The summed E-state index contributed by atoms with van der Waals surface area (Å²) in [5.74, 6) is 1.10. The number of aromatic nitrogens is 2. The molecule has 1 fully saturated rings. The van der Waals surface area contributed by atoms with E-state index in [-0.39, 0.29) is 5.92 Å². The summed E-state index contributed by atoms with van der Waals surface area (Å²) in [5.41, 5.74) is 1.41. The molecule has 1 N–H and O–H groups in total. The molecule has 23 heavy (non-hydrogen) atoms. The maximum absolute atomic E-state index is 11.5. The third-order valence-electron chi connectivity index (χ3n) is 4.97. The van der Waals surface area contributed by atoms with Crippen LogP contribution in [-0.2, 0) is 17.6 Å². The standard InChI is InChI=1S/C17H21N3O2S/c1-9-6-11(17(21)22)8-20(7-9)15-14-12-4-3-5-13(12)23-16(14)19-10(2)18-15/h9,11H,3-8H2,1-2H3,(H,21,22). The quantitative estimate of drug-likeness (QED) is 0.916. The first-order valence-electron chi connectivity index (χ1n) is 8.29. The summed E-state index contributed by atoms with van der Waals surface area (Å²) in [5, 5.41) is 10.6. The maximum atomic E-state index is 11.5. The number of thiophene rings is 1. The highest BCUT2D eigenvalue weighted by atomic mass is 32.1. The van der Waals surface area contributed by atoms with Crippen molar-refractivity contribution < 1.29 is 9.90 Å². The molecule has 0 radical (unpaired) electrons. The van der Waals surface area contributed by atoms with Gasteiger partial charge in [0.15, 0.2) is 0 Å². The third-order valence-corrected chi connectivity index (χ3v) is 6.15. The van der Waals surface area contributed by atoms with Crippen molar-refractivity contribution in [3.05, 3.63) is 16.3 Å². The van der Waals surface area contributed by atoms with Gasteiger partial charge in [-0.15, -0.1) is 11.3 Å². The number of carboxylic acid groups (broad SMARTS) is 1. The number of hydrogen-bond acceptors (Lipinski definition) is 5. The molecule has 0 amide bonds. The molecule has 0 bridgehead atoms. The van der Waals surface area contributed by atoms with Crippen molar-refractivity contribution in [2.24, 2.45) is 11.8 Å². The highest BCUT2D eigenvalue weighted by molar-refractivity contribution is 7.19. The molecular formula is C17H21N3O2S. The second kappa shape index (κ2) is 5.44. The van der Waals surface area contributed by atoms with Crippen LogP contribution >= 0.6 is 11.3 Å². The minimum atomic E-state index is -0.695. The van der Waals surface area contributed by atoms with Gasteiger partial charge in [0, 0.05) is 18.0 Å². The van der Waals surface area contributed by atoms with Crippen LogP contribution in [0.5, 0.6) is 0 Å². The van der Waals surface area contributed by atoms with Crippen LogP contribution in [0, 0.1) is 18.8 Å². The second-order valence-electron chi connectivity index (χ2n) is 6.91. The number of hydrogen-bond donors (Lipinski definition) is 1. The van der Waals surface area contributed by atoms with Crippen molar-refractivity contribution in [1.29, 1.82) is 0 Å². The molecule has 1 aliphatic heterocycles. The Labute approximate surface area is 139 Å². The number of fused-ring (bicyclic) bond motifs is 3. The Balaban J connectivity index is 1.82. The van der Waals surface area contributed by atoms with Gasteiger partial charge in [0.25, 0.3) is 0 Å². The van der Waals surface area contributed by atoms with Crippen molar-refractivity contribution in [3.8, 4) is 0 Å². The Morgan fingerprint density at radius 3 is 2.91 bits per heavy atom. The van der Waals surface area contributed by atoms with Crippen molar-refractivity contribution in [1.82, 2.24) is 9.97 Å². The van der Waals surface area contributed by atoms with E-state index in [2.05, 4.69) is 16.8 Å². The van der Waals surface area contributed by atoms with E-state index in [0.29, 0.717) is 12.5 Å². The van der Waals surface area contributed by atoms with E-state index in [1.54, 1.807) is 11.3 Å². The lowest BCUT2D eigenvalue weighted by atomic mass is 9.90. The summed E-state index contributed by atoms with van der Waals surface area (Å²) >= 11 is 1.79. The number of carboxylic acids is 1. The van der Waals surface area contributed by atoms with Crippen molar-refractivity contribution in [2.45, 2.75) is 39.5 Å². The Morgan fingerprint density at radius 1 is 1.30 bits per heavy atom. The van der Waals surface area contributed by atoms with E-state index in [0.717, 1.165) is 42.3 Å². The fraction of sp³-hybridized carbons (Fsp3) is 0.588. The van der Waals surface area contributed by atoms with Crippen LogP contribution in [0.3, 0.4) is 0 Å². The van der Waals surface area contributed by atoms with Crippen LogP contribution in [-0.4, -0.2) is 34.1 Å². The molecule has 3 heterocycles. The van der Waals surface area contributed by atoms with Crippen molar-refractivity contribution in [3.63, 3.8) is 0 Å². The molecule has 2 aromatic heterocycles. The number of carbonyl (C=O) groups is 1. The monoisotopic (exact) mass is 331 g/mol. The van der Waals surface area contributed by atoms with Gasteiger partial charge in [-0.1, -0.05) is 6.92 Å². The predicted molar refractivity (Wildman–Crippen MR) is 91.3 cm³/mol. The number of piperidine rings is 1. The number of nitrogens with zero attached hydrogens (tertiary/aromatic N) is 3. The van der Waals surface area contributed by atoms with E-state index in [1.807, 2.05) is 6.92 Å². The molecule has 1 saturated heterocycles. The summed E-state index contributed by atoms with van der Waals surface area (Å²) < 4.78 is 0. The summed E-state index contributed by atoms with van der Waals surface area (Å²) in [6.07, 6.45) is 4.20. The number of rotatable bonds is 2. The van der Waals surface area contributed by atoms with E-state index >= 15 is 0 Å². The summed E-state index contributed by atoms with van der Waals surface area (Å²) in [6.45, 7) is 5.48. The number of aliphatic carboxylic acids is 1. The minimum absolute atomic E-state index is 0.309. The molecule has 0 aromatic carbocycles. The fourth-order valence-electron chi connectivity index (χ4n) is 4.01. The Bertz CT molecular complexity index is 786.